The van der Waals surface area contributed by atoms with Crippen molar-refractivity contribution in [2.45, 2.75) is 19.4 Å². The van der Waals surface area contributed by atoms with Gasteiger partial charge in [0.2, 0.25) is 6.79 Å². The number of rotatable bonds is 4. The van der Waals surface area contributed by atoms with Crippen molar-refractivity contribution in [3.63, 3.8) is 0 Å². The number of urea groups is 1. The van der Waals surface area contributed by atoms with Gasteiger partial charge < -0.3 is 24.3 Å². The smallest absolute Gasteiger partial charge is 0.321 e. The van der Waals surface area contributed by atoms with Crippen molar-refractivity contribution in [2.24, 2.45) is 5.92 Å². The molecule has 2 amide bonds. The van der Waals surface area contributed by atoms with E-state index in [0.29, 0.717) is 17.4 Å². The molecule has 1 saturated heterocycles. The summed E-state index contributed by atoms with van der Waals surface area (Å²) in [6, 6.07) is 15.6. The van der Waals surface area contributed by atoms with Gasteiger partial charge in [0.1, 0.15) is 5.82 Å². The summed E-state index contributed by atoms with van der Waals surface area (Å²) in [7, 11) is 0. The Hall–Kier alpha value is -3.48. The van der Waals surface area contributed by atoms with Crippen LogP contribution in [-0.2, 0) is 6.54 Å². The van der Waals surface area contributed by atoms with Crippen LogP contribution in [0.1, 0.15) is 12.8 Å². The molecular weight excluding hydrogens is 380 g/mol. The van der Waals surface area contributed by atoms with Gasteiger partial charge in [0.15, 0.2) is 11.5 Å². The molecule has 0 saturated carbocycles. The van der Waals surface area contributed by atoms with Gasteiger partial charge in [0.05, 0.1) is 0 Å². The summed E-state index contributed by atoms with van der Waals surface area (Å²) in [6.07, 6.45) is 5.85. The number of fused-ring (bicyclic) bond motifs is 1. The number of ether oxygens (including phenoxy) is 2. The van der Waals surface area contributed by atoms with Gasteiger partial charge in [-0.1, -0.05) is 30.3 Å². The normalized spacial score (nSPS) is 15.9. The van der Waals surface area contributed by atoms with Crippen molar-refractivity contribution in [3.8, 4) is 22.9 Å². The predicted molar refractivity (Wildman–Crippen MR) is 114 cm³/mol. The second-order valence-electron chi connectivity index (χ2n) is 7.70. The van der Waals surface area contributed by atoms with Crippen molar-refractivity contribution < 1.29 is 14.3 Å². The minimum absolute atomic E-state index is 0.0695. The number of imidazole rings is 1. The van der Waals surface area contributed by atoms with E-state index in [1.807, 2.05) is 47.6 Å². The largest absolute Gasteiger partial charge is 0.454 e. The van der Waals surface area contributed by atoms with Crippen LogP contribution >= 0.6 is 0 Å². The molecule has 5 rings (SSSR count). The Balaban J connectivity index is 1.16. The first kappa shape index (κ1) is 18.5. The van der Waals surface area contributed by atoms with Gasteiger partial charge in [-0.2, -0.15) is 0 Å². The van der Waals surface area contributed by atoms with Gasteiger partial charge in [-0.05, 0) is 30.9 Å². The van der Waals surface area contributed by atoms with E-state index in [4.69, 9.17) is 9.47 Å². The van der Waals surface area contributed by atoms with Crippen molar-refractivity contribution in [2.75, 3.05) is 25.2 Å². The molecule has 154 valence electrons. The van der Waals surface area contributed by atoms with Crippen LogP contribution in [0.2, 0.25) is 0 Å². The third-order valence-electron chi connectivity index (χ3n) is 5.73. The molecule has 0 bridgehead atoms. The summed E-state index contributed by atoms with van der Waals surface area (Å²) in [5.41, 5.74) is 1.85. The summed E-state index contributed by atoms with van der Waals surface area (Å²) in [6.45, 7) is 2.64. The highest BCUT2D eigenvalue weighted by atomic mass is 16.7. The highest BCUT2D eigenvalue weighted by molar-refractivity contribution is 5.89. The number of nitrogens with one attached hydrogen (secondary N) is 1. The zero-order valence-corrected chi connectivity index (χ0v) is 16.7. The summed E-state index contributed by atoms with van der Waals surface area (Å²) < 4.78 is 12.9. The van der Waals surface area contributed by atoms with E-state index in [1.165, 1.54) is 0 Å². The number of likely N-dealkylation sites (tertiary alicyclic amines) is 1. The van der Waals surface area contributed by atoms with Crippen LogP contribution < -0.4 is 14.8 Å². The number of anilines is 1. The van der Waals surface area contributed by atoms with Crippen molar-refractivity contribution in [1.82, 2.24) is 14.5 Å². The summed E-state index contributed by atoms with van der Waals surface area (Å²) in [5, 5.41) is 2.97. The first-order valence-electron chi connectivity index (χ1n) is 10.3. The lowest BCUT2D eigenvalue weighted by Crippen LogP contribution is -2.41. The van der Waals surface area contributed by atoms with Crippen molar-refractivity contribution in [3.05, 3.63) is 60.9 Å². The molecule has 0 atom stereocenters. The van der Waals surface area contributed by atoms with Gasteiger partial charge in [0.25, 0.3) is 0 Å². The lowest BCUT2D eigenvalue weighted by Gasteiger charge is -2.32. The first-order chi connectivity index (χ1) is 14.8. The number of hydrogen-bond donors (Lipinski definition) is 1. The van der Waals surface area contributed by atoms with Crippen LogP contribution in [0.5, 0.6) is 11.5 Å². The fourth-order valence-corrected chi connectivity index (χ4v) is 4.08. The summed E-state index contributed by atoms with van der Waals surface area (Å²) in [5.74, 6) is 2.90. The fraction of sp³-hybridized carbons (Fsp3) is 0.304. The molecule has 1 fully saturated rings. The Morgan fingerprint density at radius 2 is 1.87 bits per heavy atom. The van der Waals surface area contributed by atoms with E-state index in [1.54, 1.807) is 6.07 Å². The van der Waals surface area contributed by atoms with Gasteiger partial charge in [-0.25, -0.2) is 9.78 Å². The Morgan fingerprint density at radius 1 is 1.07 bits per heavy atom. The molecule has 1 aromatic heterocycles. The molecule has 1 N–H and O–H groups in total. The quantitative estimate of drug-likeness (QED) is 0.707. The molecule has 0 spiro atoms. The van der Waals surface area contributed by atoms with E-state index in [0.717, 1.165) is 49.6 Å². The Kier molecular flexibility index (Phi) is 5.01. The molecule has 0 unspecified atom stereocenters. The van der Waals surface area contributed by atoms with Crippen LogP contribution in [0, 0.1) is 5.92 Å². The number of benzene rings is 2. The maximum atomic E-state index is 12.7. The fourth-order valence-electron chi connectivity index (χ4n) is 4.08. The van der Waals surface area contributed by atoms with Gasteiger partial charge in [0, 0.05) is 49.3 Å². The number of amides is 2. The summed E-state index contributed by atoms with van der Waals surface area (Å²) in [4.78, 5) is 19.1. The van der Waals surface area contributed by atoms with Gasteiger partial charge in [-0.15, -0.1) is 0 Å². The maximum Gasteiger partial charge on any atom is 0.321 e. The van der Waals surface area contributed by atoms with E-state index < -0.39 is 0 Å². The Labute approximate surface area is 175 Å². The minimum Gasteiger partial charge on any atom is -0.454 e. The first-order valence-corrected chi connectivity index (χ1v) is 10.3. The molecule has 3 heterocycles. The molecule has 3 aromatic rings. The third kappa shape index (κ3) is 3.83. The topological polar surface area (TPSA) is 68.6 Å². The van der Waals surface area contributed by atoms with E-state index in [9.17, 15) is 4.79 Å². The minimum atomic E-state index is -0.0695. The maximum absolute atomic E-state index is 12.7. The third-order valence-corrected chi connectivity index (χ3v) is 5.73. The van der Waals surface area contributed by atoms with E-state index in [-0.39, 0.29) is 12.8 Å². The zero-order valence-electron chi connectivity index (χ0n) is 16.7. The van der Waals surface area contributed by atoms with Crippen LogP contribution in [0.3, 0.4) is 0 Å². The highest BCUT2D eigenvalue weighted by Crippen LogP contribution is 2.34. The number of hydrogen-bond acceptors (Lipinski definition) is 4. The molecule has 0 aliphatic carbocycles. The lowest BCUT2D eigenvalue weighted by molar-refractivity contribution is 0.174. The zero-order chi connectivity index (χ0) is 20.3. The SMILES string of the molecule is O=C(Nc1ccc2c(c1)OCO2)N1CCC(Cn2ccnc2-c2ccccc2)CC1. The van der Waals surface area contributed by atoms with E-state index in [2.05, 4.69) is 27.0 Å². The molecule has 30 heavy (non-hydrogen) atoms. The predicted octanol–water partition coefficient (Wildman–Crippen LogP) is 4.22. The number of aromatic nitrogens is 2. The van der Waals surface area contributed by atoms with Crippen LogP contribution in [-0.4, -0.2) is 40.4 Å². The van der Waals surface area contributed by atoms with Gasteiger partial charge in [-0.3, -0.25) is 0 Å². The summed E-state index contributed by atoms with van der Waals surface area (Å²) >= 11 is 0. The number of nitrogens with zero attached hydrogens (tertiary/aromatic N) is 3. The second-order valence-corrected chi connectivity index (χ2v) is 7.70. The standard InChI is InChI=1S/C23H24N4O3/c28-23(25-19-6-7-20-21(14-19)30-16-29-20)26-11-8-17(9-12-26)15-27-13-10-24-22(27)18-4-2-1-3-5-18/h1-7,10,13-14,17H,8-9,11-12,15-16H2,(H,25,28). The number of piperidine rings is 1. The molecule has 7 nitrogen and oxygen atoms in total. The van der Waals surface area contributed by atoms with Crippen molar-refractivity contribution >= 4 is 11.7 Å². The number of carbonyl (C=O) groups excluding carboxylic acids is 1. The molecule has 0 radical (unpaired) electrons. The van der Waals surface area contributed by atoms with Crippen LogP contribution in [0.15, 0.2) is 60.9 Å². The molecular formula is C23H24N4O3. The second kappa shape index (κ2) is 8.10. The highest BCUT2D eigenvalue weighted by Gasteiger charge is 2.24. The van der Waals surface area contributed by atoms with Crippen molar-refractivity contribution in [1.29, 1.82) is 0 Å². The van der Waals surface area contributed by atoms with Crippen LogP contribution in [0.25, 0.3) is 11.4 Å². The van der Waals surface area contributed by atoms with Gasteiger partial charge >= 0.3 is 6.03 Å². The Bertz CT molecular complexity index is 1030. The average Bonchev–Trinajstić information content (AvgIpc) is 3.44. The Morgan fingerprint density at radius 3 is 2.70 bits per heavy atom. The monoisotopic (exact) mass is 404 g/mol. The molecule has 2 aliphatic rings. The average molecular weight is 404 g/mol. The molecule has 2 aromatic carbocycles. The molecule has 2 aliphatic heterocycles. The molecule has 7 heteroatoms. The lowest BCUT2D eigenvalue weighted by atomic mass is 9.97. The van der Waals surface area contributed by atoms with Crippen LogP contribution in [0.4, 0.5) is 10.5 Å². The van der Waals surface area contributed by atoms with E-state index >= 15 is 0 Å². The number of carbonyl (C=O) groups is 1.